The second-order valence-corrected chi connectivity index (χ2v) is 5.43. The molecule has 2 aromatic carbocycles. The number of fused-ring (bicyclic) bond motifs is 1. The Balaban J connectivity index is 1.94. The first kappa shape index (κ1) is 15.2. The maximum absolute atomic E-state index is 6.09. The van der Waals surface area contributed by atoms with Gasteiger partial charge in [-0.15, -0.1) is 0 Å². The van der Waals surface area contributed by atoms with Crippen molar-refractivity contribution in [3.63, 3.8) is 0 Å². The number of ether oxygens (including phenoxy) is 2. The van der Waals surface area contributed by atoms with E-state index in [4.69, 9.17) is 15.2 Å². The lowest BCUT2D eigenvalue weighted by Gasteiger charge is -2.16. The highest BCUT2D eigenvalue weighted by Gasteiger charge is 2.15. The molecule has 3 aromatic rings. The van der Waals surface area contributed by atoms with Crippen LogP contribution >= 0.6 is 0 Å². The molecule has 0 spiro atoms. The van der Waals surface area contributed by atoms with Crippen molar-refractivity contribution >= 4 is 16.6 Å². The number of nitrogens with zero attached hydrogens (tertiary/aromatic N) is 1. The molecule has 0 saturated heterocycles. The molecule has 0 unspecified atom stereocenters. The van der Waals surface area contributed by atoms with Crippen LogP contribution in [0.25, 0.3) is 10.9 Å². The summed E-state index contributed by atoms with van der Waals surface area (Å²) < 4.78 is 11.5. The highest BCUT2D eigenvalue weighted by atomic mass is 16.5. The van der Waals surface area contributed by atoms with E-state index in [0.717, 1.165) is 22.9 Å². The van der Waals surface area contributed by atoms with E-state index in [9.17, 15) is 0 Å². The minimum absolute atomic E-state index is 0.563. The van der Waals surface area contributed by atoms with Crippen LogP contribution in [0.3, 0.4) is 0 Å². The number of aromatic nitrogens is 1. The lowest BCUT2D eigenvalue weighted by Crippen LogP contribution is -2.05. The van der Waals surface area contributed by atoms with E-state index in [0.29, 0.717) is 23.8 Å². The Morgan fingerprint density at radius 3 is 2.65 bits per heavy atom. The van der Waals surface area contributed by atoms with E-state index >= 15 is 0 Å². The average molecular weight is 308 g/mol. The minimum Gasteiger partial charge on any atom is -0.493 e. The summed E-state index contributed by atoms with van der Waals surface area (Å²) in [5.74, 6) is 1.34. The number of pyridine rings is 1. The van der Waals surface area contributed by atoms with Crippen molar-refractivity contribution in [3.8, 4) is 11.5 Å². The molecule has 0 amide bonds. The summed E-state index contributed by atoms with van der Waals surface area (Å²) in [6.45, 7) is 2.58. The van der Waals surface area contributed by atoms with Crippen LogP contribution in [0.5, 0.6) is 11.5 Å². The third kappa shape index (κ3) is 3.06. The number of nitrogen functional groups attached to an aromatic ring is 1. The first-order chi connectivity index (χ1) is 11.2. The molecule has 0 aliphatic heterocycles. The van der Waals surface area contributed by atoms with Gasteiger partial charge in [-0.25, -0.2) is 0 Å². The van der Waals surface area contributed by atoms with Crippen LogP contribution in [-0.2, 0) is 6.42 Å². The van der Waals surface area contributed by atoms with Gasteiger partial charge in [0, 0.05) is 18.7 Å². The van der Waals surface area contributed by atoms with Crippen LogP contribution in [0.4, 0.5) is 5.69 Å². The number of benzene rings is 2. The molecule has 4 nitrogen and oxygen atoms in total. The molecule has 3 rings (SSSR count). The number of anilines is 1. The highest BCUT2D eigenvalue weighted by Crippen LogP contribution is 2.40. The van der Waals surface area contributed by atoms with Gasteiger partial charge in [0.15, 0.2) is 11.5 Å². The zero-order valence-corrected chi connectivity index (χ0v) is 13.4. The fourth-order valence-electron chi connectivity index (χ4n) is 2.67. The Labute approximate surface area is 135 Å². The zero-order valence-electron chi connectivity index (χ0n) is 13.4. The maximum Gasteiger partial charge on any atom is 0.170 e. The van der Waals surface area contributed by atoms with Crippen molar-refractivity contribution in [3.05, 3.63) is 59.8 Å². The van der Waals surface area contributed by atoms with E-state index in [-0.39, 0.29) is 0 Å². The third-order valence-electron chi connectivity index (χ3n) is 3.87. The van der Waals surface area contributed by atoms with Crippen LogP contribution < -0.4 is 15.2 Å². The van der Waals surface area contributed by atoms with Crippen molar-refractivity contribution in [1.82, 2.24) is 4.98 Å². The molecule has 0 fully saturated rings. The summed E-state index contributed by atoms with van der Waals surface area (Å²) in [6, 6.07) is 14.0. The van der Waals surface area contributed by atoms with Gasteiger partial charge in [-0.2, -0.15) is 0 Å². The molecule has 0 atom stereocenters. The van der Waals surface area contributed by atoms with Crippen molar-refractivity contribution in [1.29, 1.82) is 0 Å². The Hall–Kier alpha value is -2.75. The van der Waals surface area contributed by atoms with Crippen LogP contribution in [-0.4, -0.2) is 18.7 Å². The fourth-order valence-corrected chi connectivity index (χ4v) is 2.67. The second kappa shape index (κ2) is 6.57. The molecule has 23 heavy (non-hydrogen) atoms. The van der Waals surface area contributed by atoms with Crippen molar-refractivity contribution in [2.24, 2.45) is 0 Å². The molecule has 1 heterocycles. The topological polar surface area (TPSA) is 57.4 Å². The normalized spacial score (nSPS) is 10.7. The molecule has 0 aliphatic rings. The van der Waals surface area contributed by atoms with Crippen LogP contribution in [0.2, 0.25) is 0 Å². The predicted molar refractivity (Wildman–Crippen MR) is 93.1 cm³/mol. The lowest BCUT2D eigenvalue weighted by molar-refractivity contribution is 0.301. The van der Waals surface area contributed by atoms with E-state index in [1.165, 1.54) is 5.56 Å². The van der Waals surface area contributed by atoms with Gasteiger partial charge < -0.3 is 15.2 Å². The Kier molecular flexibility index (Phi) is 4.33. The van der Waals surface area contributed by atoms with Crippen molar-refractivity contribution in [2.75, 3.05) is 19.5 Å². The van der Waals surface area contributed by atoms with E-state index in [1.54, 1.807) is 19.4 Å². The number of hydrogen-bond acceptors (Lipinski definition) is 4. The molecule has 2 N–H and O–H groups in total. The minimum atomic E-state index is 0.563. The van der Waals surface area contributed by atoms with Crippen LogP contribution in [0.1, 0.15) is 11.1 Å². The lowest BCUT2D eigenvalue weighted by atomic mass is 10.1. The molecule has 0 bridgehead atoms. The molecule has 118 valence electrons. The van der Waals surface area contributed by atoms with Gasteiger partial charge in [0.2, 0.25) is 0 Å². The number of nitrogens with two attached hydrogens (primary N) is 1. The Morgan fingerprint density at radius 2 is 1.91 bits per heavy atom. The maximum atomic E-state index is 6.09. The quantitative estimate of drug-likeness (QED) is 0.729. The van der Waals surface area contributed by atoms with Gasteiger partial charge in [-0.3, -0.25) is 4.98 Å². The zero-order chi connectivity index (χ0) is 16.2. The summed E-state index contributed by atoms with van der Waals surface area (Å²) >= 11 is 0. The molecular formula is C19H20N2O2. The molecule has 0 radical (unpaired) electrons. The SMILES string of the molecule is COc1cc(N)c2nccc(C)c2c1OCCc1ccccc1. The van der Waals surface area contributed by atoms with Crippen LogP contribution in [0.15, 0.2) is 48.7 Å². The van der Waals surface area contributed by atoms with Gasteiger partial charge in [-0.1, -0.05) is 30.3 Å². The monoisotopic (exact) mass is 308 g/mol. The van der Waals surface area contributed by atoms with Crippen LogP contribution in [0, 0.1) is 6.92 Å². The smallest absolute Gasteiger partial charge is 0.170 e. The molecule has 0 saturated carbocycles. The van der Waals surface area contributed by atoms with Gasteiger partial charge in [-0.05, 0) is 24.1 Å². The van der Waals surface area contributed by atoms with Gasteiger partial charge in [0.1, 0.15) is 0 Å². The largest absolute Gasteiger partial charge is 0.493 e. The molecule has 4 heteroatoms. The Bertz CT molecular complexity index is 816. The third-order valence-corrected chi connectivity index (χ3v) is 3.87. The van der Waals surface area contributed by atoms with E-state index < -0.39 is 0 Å². The van der Waals surface area contributed by atoms with Gasteiger partial charge >= 0.3 is 0 Å². The summed E-state index contributed by atoms with van der Waals surface area (Å²) in [5, 5.41) is 0.914. The number of aryl methyl sites for hydroxylation is 1. The highest BCUT2D eigenvalue weighted by molar-refractivity contribution is 5.98. The van der Waals surface area contributed by atoms with E-state index in [2.05, 4.69) is 17.1 Å². The van der Waals surface area contributed by atoms with Crippen molar-refractivity contribution < 1.29 is 9.47 Å². The standard InChI is InChI=1S/C19H20N2O2/c1-13-8-10-21-18-15(20)12-16(22-2)19(17(13)18)23-11-9-14-6-4-3-5-7-14/h3-8,10,12H,9,11,20H2,1-2H3. The summed E-state index contributed by atoms with van der Waals surface area (Å²) in [6.07, 6.45) is 2.59. The number of methoxy groups -OCH3 is 1. The number of rotatable bonds is 5. The summed E-state index contributed by atoms with van der Waals surface area (Å²) in [5.41, 5.74) is 9.74. The molecular weight excluding hydrogens is 288 g/mol. The summed E-state index contributed by atoms with van der Waals surface area (Å²) in [7, 11) is 1.62. The van der Waals surface area contributed by atoms with Gasteiger partial charge in [0.25, 0.3) is 0 Å². The molecule has 0 aliphatic carbocycles. The first-order valence-electron chi connectivity index (χ1n) is 7.59. The van der Waals surface area contributed by atoms with Crippen molar-refractivity contribution in [2.45, 2.75) is 13.3 Å². The molecule has 1 aromatic heterocycles. The number of hydrogen-bond donors (Lipinski definition) is 1. The van der Waals surface area contributed by atoms with E-state index in [1.807, 2.05) is 31.2 Å². The second-order valence-electron chi connectivity index (χ2n) is 5.43. The van der Waals surface area contributed by atoms with Gasteiger partial charge in [0.05, 0.1) is 30.3 Å². The first-order valence-corrected chi connectivity index (χ1v) is 7.59. The average Bonchev–Trinajstić information content (AvgIpc) is 2.58. The predicted octanol–water partition coefficient (Wildman–Crippen LogP) is 3.76. The fraction of sp³-hybridized carbons (Fsp3) is 0.211. The Morgan fingerprint density at radius 1 is 1.13 bits per heavy atom. The summed E-state index contributed by atoms with van der Waals surface area (Å²) in [4.78, 5) is 4.38.